The Hall–Kier alpha value is -2.61. The van der Waals surface area contributed by atoms with Crippen molar-refractivity contribution in [3.05, 3.63) is 71.3 Å². The molecule has 0 saturated carbocycles. The van der Waals surface area contributed by atoms with E-state index >= 15 is 0 Å². The van der Waals surface area contributed by atoms with Gasteiger partial charge in [-0.15, -0.1) is 0 Å². The maximum atomic E-state index is 13.7. The van der Waals surface area contributed by atoms with Crippen molar-refractivity contribution in [3.63, 3.8) is 0 Å². The number of carbonyl (C=O) groups excluding carboxylic acids is 1. The van der Waals surface area contributed by atoms with Gasteiger partial charge in [-0.1, -0.05) is 30.3 Å². The second kappa shape index (κ2) is 7.96. The maximum absolute atomic E-state index is 13.7. The second-order valence-corrected chi connectivity index (χ2v) is 7.82. The zero-order valence-electron chi connectivity index (χ0n) is 14.2. The Kier molecular flexibility index (Phi) is 5.65. The number of aliphatic carboxylic acids is 1. The first kappa shape index (κ1) is 19.2. The Morgan fingerprint density at radius 3 is 2.41 bits per heavy atom. The predicted octanol–water partition coefficient (Wildman–Crippen LogP) is 2.29. The summed E-state index contributed by atoms with van der Waals surface area (Å²) in [5.41, 5.74) is 0.793. The summed E-state index contributed by atoms with van der Waals surface area (Å²) < 4.78 is 39.4. The highest BCUT2D eigenvalue weighted by Gasteiger charge is 2.41. The van der Waals surface area contributed by atoms with Gasteiger partial charge in [0.25, 0.3) is 0 Å². The first-order valence-electron chi connectivity index (χ1n) is 8.24. The van der Waals surface area contributed by atoms with Crippen LogP contribution in [0, 0.1) is 11.6 Å². The van der Waals surface area contributed by atoms with Gasteiger partial charge >= 0.3 is 5.97 Å². The zero-order chi connectivity index (χ0) is 19.6. The predicted molar refractivity (Wildman–Crippen MR) is 95.4 cm³/mol. The molecular weight excluding hydrogens is 376 g/mol. The van der Waals surface area contributed by atoms with E-state index < -0.39 is 46.4 Å². The molecule has 1 fully saturated rings. The molecule has 2 aromatic rings. The first-order chi connectivity index (χ1) is 12.8. The minimum atomic E-state index is -1.54. The van der Waals surface area contributed by atoms with Gasteiger partial charge in [-0.25, -0.2) is 13.6 Å². The zero-order valence-corrected chi connectivity index (χ0v) is 15.0. The maximum Gasteiger partial charge on any atom is 0.326 e. The standard InChI is InChI=1S/C19H17F2NO4S/c20-14-7-13(8-15(21)9-14)17-10-27(26)11-18(23)22(17)16(19(24)25)6-12-4-2-1-3-5-12/h1-5,7-9,16-17H,6,10-11H2,(H,24,25)/t16?,17-,27?/m0/s1. The van der Waals surface area contributed by atoms with Crippen LogP contribution >= 0.6 is 0 Å². The molecule has 1 aliphatic rings. The minimum absolute atomic E-state index is 0.0306. The Morgan fingerprint density at radius 1 is 1.19 bits per heavy atom. The lowest BCUT2D eigenvalue weighted by Gasteiger charge is -2.39. The van der Waals surface area contributed by atoms with Crippen molar-refractivity contribution in [1.82, 2.24) is 4.90 Å². The molecule has 1 aliphatic heterocycles. The molecule has 1 saturated heterocycles. The lowest BCUT2D eigenvalue weighted by molar-refractivity contribution is -0.151. The van der Waals surface area contributed by atoms with Crippen molar-refractivity contribution >= 4 is 22.7 Å². The summed E-state index contributed by atoms with van der Waals surface area (Å²) in [6.07, 6.45) is 0.0306. The van der Waals surface area contributed by atoms with Crippen LogP contribution in [0.4, 0.5) is 8.78 Å². The molecule has 5 nitrogen and oxygen atoms in total. The molecule has 2 aromatic carbocycles. The van der Waals surface area contributed by atoms with Crippen molar-refractivity contribution in [3.8, 4) is 0 Å². The van der Waals surface area contributed by atoms with Gasteiger partial charge in [-0.3, -0.25) is 9.00 Å². The fraction of sp³-hybridized carbons (Fsp3) is 0.263. The van der Waals surface area contributed by atoms with Gasteiger partial charge in [-0.05, 0) is 23.3 Å². The third-order valence-electron chi connectivity index (χ3n) is 4.41. The quantitative estimate of drug-likeness (QED) is 0.846. The Bertz CT molecular complexity index is 870. The number of carboxylic acids is 1. The van der Waals surface area contributed by atoms with Crippen LogP contribution in [-0.2, 0) is 26.8 Å². The van der Waals surface area contributed by atoms with E-state index in [1.54, 1.807) is 30.3 Å². The molecule has 0 radical (unpaired) electrons. The van der Waals surface area contributed by atoms with E-state index in [0.717, 1.165) is 17.0 Å². The van der Waals surface area contributed by atoms with Crippen LogP contribution in [-0.4, -0.2) is 43.6 Å². The highest BCUT2D eigenvalue weighted by Crippen LogP contribution is 2.30. The van der Waals surface area contributed by atoms with E-state index in [0.29, 0.717) is 11.6 Å². The largest absolute Gasteiger partial charge is 0.480 e. The number of halogens is 2. The van der Waals surface area contributed by atoms with Gasteiger partial charge in [0.1, 0.15) is 23.4 Å². The van der Waals surface area contributed by atoms with Crippen molar-refractivity contribution in [2.75, 3.05) is 11.5 Å². The molecule has 1 N–H and O–H groups in total. The fourth-order valence-corrected chi connectivity index (χ4v) is 4.51. The number of rotatable bonds is 5. The van der Waals surface area contributed by atoms with Crippen molar-refractivity contribution in [2.45, 2.75) is 18.5 Å². The number of nitrogens with zero attached hydrogens (tertiary/aromatic N) is 1. The number of amides is 1. The molecule has 8 heteroatoms. The highest BCUT2D eigenvalue weighted by molar-refractivity contribution is 7.85. The lowest BCUT2D eigenvalue weighted by atomic mass is 9.99. The van der Waals surface area contributed by atoms with E-state index in [1.807, 2.05) is 0 Å². The first-order valence-corrected chi connectivity index (χ1v) is 9.73. The smallest absolute Gasteiger partial charge is 0.326 e. The molecule has 1 heterocycles. The van der Waals surface area contributed by atoms with Gasteiger partial charge in [-0.2, -0.15) is 0 Å². The fourth-order valence-electron chi connectivity index (χ4n) is 3.26. The molecule has 3 atom stereocenters. The molecule has 27 heavy (non-hydrogen) atoms. The van der Waals surface area contributed by atoms with E-state index in [2.05, 4.69) is 0 Å². The summed E-state index contributed by atoms with van der Waals surface area (Å²) in [4.78, 5) is 25.6. The van der Waals surface area contributed by atoms with E-state index in [9.17, 15) is 27.7 Å². The van der Waals surface area contributed by atoms with E-state index in [1.165, 1.54) is 0 Å². The molecular formula is C19H17F2NO4S. The Balaban J connectivity index is 2.02. The number of carbonyl (C=O) groups is 2. The van der Waals surface area contributed by atoms with Crippen LogP contribution in [0.5, 0.6) is 0 Å². The van der Waals surface area contributed by atoms with E-state index in [4.69, 9.17) is 0 Å². The van der Waals surface area contributed by atoms with Gasteiger partial charge in [0.15, 0.2) is 0 Å². The van der Waals surface area contributed by atoms with Crippen molar-refractivity contribution < 1.29 is 27.7 Å². The topological polar surface area (TPSA) is 74.7 Å². The van der Waals surface area contributed by atoms with Crippen LogP contribution in [0.2, 0.25) is 0 Å². The van der Waals surface area contributed by atoms with Crippen LogP contribution in [0.25, 0.3) is 0 Å². The van der Waals surface area contributed by atoms with Crippen molar-refractivity contribution in [1.29, 1.82) is 0 Å². The SMILES string of the molecule is O=C(O)C(Cc1ccccc1)N1C(=O)CS(=O)C[C@H]1c1cc(F)cc(F)c1. The van der Waals surface area contributed by atoms with Crippen LogP contribution in [0.1, 0.15) is 17.2 Å². The van der Waals surface area contributed by atoms with Gasteiger partial charge < -0.3 is 10.0 Å². The normalized spacial score (nSPS) is 21.1. The minimum Gasteiger partial charge on any atom is -0.480 e. The molecule has 1 amide bonds. The Labute approximate surface area is 157 Å². The molecule has 0 aromatic heterocycles. The summed E-state index contributed by atoms with van der Waals surface area (Å²) >= 11 is 0. The number of carboxylic acid groups (broad SMARTS) is 1. The molecule has 0 bridgehead atoms. The van der Waals surface area contributed by atoms with Crippen LogP contribution in [0.15, 0.2) is 48.5 Å². The molecule has 0 aliphatic carbocycles. The summed E-state index contributed by atoms with van der Waals surface area (Å²) in [7, 11) is -1.54. The average molecular weight is 393 g/mol. The van der Waals surface area contributed by atoms with Crippen molar-refractivity contribution in [2.24, 2.45) is 0 Å². The number of hydrogen-bond donors (Lipinski definition) is 1. The highest BCUT2D eigenvalue weighted by atomic mass is 32.2. The Morgan fingerprint density at radius 2 is 1.81 bits per heavy atom. The molecule has 0 spiro atoms. The average Bonchev–Trinajstić information content (AvgIpc) is 2.59. The lowest BCUT2D eigenvalue weighted by Crippen LogP contribution is -2.54. The number of benzene rings is 2. The van der Waals surface area contributed by atoms with E-state index in [-0.39, 0.29) is 23.5 Å². The van der Waals surface area contributed by atoms with Crippen LogP contribution in [0.3, 0.4) is 0 Å². The van der Waals surface area contributed by atoms with Gasteiger partial charge in [0.2, 0.25) is 5.91 Å². The van der Waals surface area contributed by atoms with Crippen LogP contribution < -0.4 is 0 Å². The summed E-state index contributed by atoms with van der Waals surface area (Å²) in [5, 5.41) is 9.73. The summed E-state index contributed by atoms with van der Waals surface area (Å²) in [5.74, 6) is -3.92. The molecule has 2 unspecified atom stereocenters. The number of hydrogen-bond acceptors (Lipinski definition) is 3. The van der Waals surface area contributed by atoms with Gasteiger partial charge in [0.05, 0.1) is 6.04 Å². The summed E-state index contributed by atoms with van der Waals surface area (Å²) in [6, 6.07) is 9.30. The third-order valence-corrected chi connectivity index (χ3v) is 5.67. The third kappa shape index (κ3) is 4.39. The monoisotopic (exact) mass is 393 g/mol. The molecule has 3 rings (SSSR count). The van der Waals surface area contributed by atoms with Gasteiger partial charge in [0, 0.05) is 29.0 Å². The second-order valence-electron chi connectivity index (χ2n) is 6.31. The summed E-state index contributed by atoms with van der Waals surface area (Å²) in [6.45, 7) is 0. The molecule has 142 valence electrons.